The highest BCUT2D eigenvalue weighted by Crippen LogP contribution is 2.41. The standard InChI is InChI=1S/C24H26ClN7O3/c1-11(2)22(33)29-15-6-14(27-9-15)7-16-18-20(25)30-24(26)31-21(18)32(23(16)34)10-17-13(4)19(35-5)12(3)8-28-17/h6-9,11,27H,10H2,1-5H3,(H,29,33)(H2,26,30,31)/b16-7-. The summed E-state index contributed by atoms with van der Waals surface area (Å²) in [7, 11) is 1.60. The Morgan fingerprint density at radius 3 is 2.77 bits per heavy atom. The van der Waals surface area contributed by atoms with Crippen molar-refractivity contribution in [3.05, 3.63) is 51.7 Å². The Labute approximate surface area is 207 Å². The predicted molar refractivity (Wildman–Crippen MR) is 135 cm³/mol. The fourth-order valence-electron chi connectivity index (χ4n) is 3.88. The maximum Gasteiger partial charge on any atom is 0.260 e. The maximum atomic E-state index is 13.6. The molecule has 0 aliphatic carbocycles. The van der Waals surface area contributed by atoms with Gasteiger partial charge in [0.15, 0.2) is 5.82 Å². The van der Waals surface area contributed by atoms with Gasteiger partial charge in [-0.3, -0.25) is 19.5 Å². The minimum absolute atomic E-state index is 0.0440. The summed E-state index contributed by atoms with van der Waals surface area (Å²) >= 11 is 6.42. The van der Waals surface area contributed by atoms with Crippen LogP contribution in [-0.2, 0) is 16.1 Å². The number of ether oxygens (including phenoxy) is 1. The summed E-state index contributed by atoms with van der Waals surface area (Å²) in [5.41, 5.74) is 10.1. The molecule has 3 aromatic rings. The number of aromatic nitrogens is 4. The van der Waals surface area contributed by atoms with Gasteiger partial charge in [0.05, 0.1) is 36.2 Å². The molecule has 3 aromatic heterocycles. The van der Waals surface area contributed by atoms with Gasteiger partial charge in [0, 0.05) is 35.1 Å². The molecule has 0 saturated heterocycles. The minimum Gasteiger partial charge on any atom is -0.496 e. The normalized spacial score (nSPS) is 14.1. The molecule has 2 amide bonds. The first kappa shape index (κ1) is 24.2. The first-order valence-electron chi connectivity index (χ1n) is 11.0. The fraction of sp³-hybridized carbons (Fsp3) is 0.292. The molecule has 4 heterocycles. The molecule has 35 heavy (non-hydrogen) atoms. The number of nitrogens with zero attached hydrogens (tertiary/aromatic N) is 4. The van der Waals surface area contributed by atoms with E-state index in [2.05, 4.69) is 25.3 Å². The minimum atomic E-state index is -0.329. The molecule has 182 valence electrons. The Kier molecular flexibility index (Phi) is 6.49. The number of halogens is 1. The molecule has 1 aliphatic rings. The maximum absolute atomic E-state index is 13.6. The molecule has 0 spiro atoms. The number of aryl methyl sites for hydroxylation is 1. The van der Waals surface area contributed by atoms with Crippen LogP contribution >= 0.6 is 11.6 Å². The molecule has 0 atom stereocenters. The van der Waals surface area contributed by atoms with Gasteiger partial charge in [-0.2, -0.15) is 4.98 Å². The van der Waals surface area contributed by atoms with Gasteiger partial charge in [-0.1, -0.05) is 25.4 Å². The molecule has 0 saturated carbocycles. The topological polar surface area (TPSA) is 139 Å². The lowest BCUT2D eigenvalue weighted by Crippen LogP contribution is -2.27. The van der Waals surface area contributed by atoms with E-state index in [1.165, 1.54) is 4.90 Å². The fourth-order valence-corrected chi connectivity index (χ4v) is 4.16. The second-order valence-corrected chi connectivity index (χ2v) is 8.91. The monoisotopic (exact) mass is 495 g/mol. The summed E-state index contributed by atoms with van der Waals surface area (Å²) in [6.07, 6.45) is 5.00. The average molecular weight is 496 g/mol. The highest BCUT2D eigenvalue weighted by atomic mass is 35.5. The lowest BCUT2D eigenvalue weighted by atomic mass is 10.1. The highest BCUT2D eigenvalue weighted by molar-refractivity contribution is 6.41. The number of anilines is 3. The number of H-pyrrole nitrogens is 1. The van der Waals surface area contributed by atoms with Gasteiger partial charge in [-0.15, -0.1) is 0 Å². The number of methoxy groups -OCH3 is 1. The third-order valence-corrected chi connectivity index (χ3v) is 5.99. The Hall–Kier alpha value is -3.92. The number of nitrogens with one attached hydrogen (secondary N) is 2. The second kappa shape index (κ2) is 9.38. The third-order valence-electron chi connectivity index (χ3n) is 5.72. The zero-order valence-electron chi connectivity index (χ0n) is 20.1. The number of aromatic amines is 1. The van der Waals surface area contributed by atoms with Gasteiger partial charge in [-0.05, 0) is 26.0 Å². The molecule has 4 rings (SSSR count). The Morgan fingerprint density at radius 1 is 1.34 bits per heavy atom. The zero-order valence-corrected chi connectivity index (χ0v) is 20.8. The second-order valence-electron chi connectivity index (χ2n) is 8.55. The number of carbonyl (C=O) groups is 2. The molecular weight excluding hydrogens is 470 g/mol. The van der Waals surface area contributed by atoms with Gasteiger partial charge < -0.3 is 20.8 Å². The number of hydrogen-bond donors (Lipinski definition) is 3. The quantitative estimate of drug-likeness (QED) is 0.349. The number of amides is 2. The number of carbonyl (C=O) groups excluding carboxylic acids is 2. The van der Waals surface area contributed by atoms with E-state index in [0.717, 1.165) is 11.1 Å². The Morgan fingerprint density at radius 2 is 2.09 bits per heavy atom. The number of nitrogens with two attached hydrogens (primary N) is 1. The summed E-state index contributed by atoms with van der Waals surface area (Å²) in [5, 5.41) is 2.89. The number of fused-ring (bicyclic) bond motifs is 1. The molecule has 0 bridgehead atoms. The number of pyridine rings is 1. The number of nitrogen functional groups attached to an aromatic ring is 1. The number of hydrogen-bond acceptors (Lipinski definition) is 7. The summed E-state index contributed by atoms with van der Waals surface area (Å²) < 4.78 is 5.50. The first-order valence-corrected chi connectivity index (χ1v) is 11.3. The van der Waals surface area contributed by atoms with Crippen LogP contribution in [0, 0.1) is 19.8 Å². The molecule has 4 N–H and O–H groups in total. The predicted octanol–water partition coefficient (Wildman–Crippen LogP) is 3.74. The lowest BCUT2D eigenvalue weighted by Gasteiger charge is -2.19. The van der Waals surface area contributed by atoms with Crippen LogP contribution in [0.15, 0.2) is 18.5 Å². The summed E-state index contributed by atoms with van der Waals surface area (Å²) in [4.78, 5) is 43.0. The van der Waals surface area contributed by atoms with E-state index in [9.17, 15) is 9.59 Å². The van der Waals surface area contributed by atoms with Crippen LogP contribution in [0.5, 0.6) is 5.75 Å². The molecule has 11 heteroatoms. The number of rotatable bonds is 6. The van der Waals surface area contributed by atoms with E-state index in [-0.39, 0.29) is 35.4 Å². The lowest BCUT2D eigenvalue weighted by molar-refractivity contribution is -0.119. The molecule has 1 aliphatic heterocycles. The summed E-state index contributed by atoms with van der Waals surface area (Å²) in [6, 6.07) is 1.73. The van der Waals surface area contributed by atoms with Crippen LogP contribution in [0.3, 0.4) is 0 Å². The Balaban J connectivity index is 1.74. The van der Waals surface area contributed by atoms with E-state index in [1.54, 1.807) is 31.6 Å². The third kappa shape index (κ3) is 4.57. The Bertz CT molecular complexity index is 1360. The van der Waals surface area contributed by atoms with Crippen molar-refractivity contribution in [1.29, 1.82) is 0 Å². The SMILES string of the molecule is COc1c(C)cnc(CN2C(=O)/C(=C\c3cc(NC(=O)C(C)C)c[nH]3)c3c(Cl)nc(N)nc32)c1C. The molecule has 0 aromatic carbocycles. The molecule has 0 unspecified atom stereocenters. The van der Waals surface area contributed by atoms with Gasteiger partial charge in [0.2, 0.25) is 11.9 Å². The van der Waals surface area contributed by atoms with Crippen LogP contribution in [0.4, 0.5) is 17.5 Å². The first-order chi connectivity index (χ1) is 16.6. The van der Waals surface area contributed by atoms with Crippen LogP contribution in [0.2, 0.25) is 5.15 Å². The van der Waals surface area contributed by atoms with Crippen molar-refractivity contribution >= 4 is 52.5 Å². The van der Waals surface area contributed by atoms with E-state index in [4.69, 9.17) is 22.1 Å². The zero-order chi connectivity index (χ0) is 25.4. The summed E-state index contributed by atoms with van der Waals surface area (Å²) in [6.45, 7) is 7.54. The molecular formula is C24H26ClN7O3. The summed E-state index contributed by atoms with van der Waals surface area (Å²) in [5.74, 6) is 0.365. The van der Waals surface area contributed by atoms with Gasteiger partial charge >= 0.3 is 0 Å². The van der Waals surface area contributed by atoms with Crippen molar-refractivity contribution in [3.63, 3.8) is 0 Å². The van der Waals surface area contributed by atoms with Crippen LogP contribution in [0.25, 0.3) is 11.6 Å². The average Bonchev–Trinajstić information content (AvgIpc) is 3.33. The van der Waals surface area contributed by atoms with Crippen LogP contribution in [0.1, 0.15) is 41.9 Å². The molecule has 0 radical (unpaired) electrons. The largest absolute Gasteiger partial charge is 0.496 e. The van der Waals surface area contributed by atoms with Crippen molar-refractivity contribution in [2.45, 2.75) is 34.2 Å². The van der Waals surface area contributed by atoms with Crippen molar-refractivity contribution in [1.82, 2.24) is 19.9 Å². The van der Waals surface area contributed by atoms with E-state index in [1.807, 2.05) is 27.7 Å². The van der Waals surface area contributed by atoms with Crippen molar-refractivity contribution in [2.24, 2.45) is 5.92 Å². The van der Waals surface area contributed by atoms with Crippen molar-refractivity contribution in [2.75, 3.05) is 23.1 Å². The van der Waals surface area contributed by atoms with Gasteiger partial charge in [-0.25, -0.2) is 4.98 Å². The van der Waals surface area contributed by atoms with Gasteiger partial charge in [0.1, 0.15) is 10.9 Å². The molecule has 0 fully saturated rings. The van der Waals surface area contributed by atoms with Crippen LogP contribution < -0.4 is 20.7 Å². The van der Waals surface area contributed by atoms with E-state index >= 15 is 0 Å². The smallest absolute Gasteiger partial charge is 0.260 e. The molecule has 10 nitrogen and oxygen atoms in total. The van der Waals surface area contributed by atoms with E-state index in [0.29, 0.717) is 39.8 Å². The van der Waals surface area contributed by atoms with Crippen molar-refractivity contribution in [3.8, 4) is 5.75 Å². The highest BCUT2D eigenvalue weighted by Gasteiger charge is 2.37. The van der Waals surface area contributed by atoms with Gasteiger partial charge in [0.25, 0.3) is 5.91 Å². The van der Waals surface area contributed by atoms with Crippen LogP contribution in [-0.4, -0.2) is 38.9 Å². The van der Waals surface area contributed by atoms with E-state index < -0.39 is 0 Å². The van der Waals surface area contributed by atoms with Crippen molar-refractivity contribution < 1.29 is 14.3 Å².